The van der Waals surface area contributed by atoms with Crippen molar-refractivity contribution in [3.63, 3.8) is 0 Å². The normalized spacial score (nSPS) is 19.2. The summed E-state index contributed by atoms with van der Waals surface area (Å²) in [5, 5.41) is 3.25. The minimum absolute atomic E-state index is 0.730. The van der Waals surface area contributed by atoms with E-state index in [9.17, 15) is 0 Å². The van der Waals surface area contributed by atoms with E-state index in [2.05, 4.69) is 56.9 Å². The molecule has 0 bridgehead atoms. The molecule has 1 aromatic heterocycles. The van der Waals surface area contributed by atoms with Crippen LogP contribution >= 0.6 is 15.9 Å². The third-order valence-corrected chi connectivity index (χ3v) is 4.29. The van der Waals surface area contributed by atoms with Crippen molar-refractivity contribution in [2.24, 2.45) is 11.8 Å². The molecule has 19 heavy (non-hydrogen) atoms. The van der Waals surface area contributed by atoms with Gasteiger partial charge in [0.15, 0.2) is 0 Å². The summed E-state index contributed by atoms with van der Waals surface area (Å²) in [6.45, 7) is 9.84. The molecule has 0 radical (unpaired) electrons. The zero-order valence-corrected chi connectivity index (χ0v) is 13.6. The molecule has 5 heteroatoms. The van der Waals surface area contributed by atoms with E-state index in [1.165, 1.54) is 6.42 Å². The summed E-state index contributed by atoms with van der Waals surface area (Å²) in [7, 11) is 0. The van der Waals surface area contributed by atoms with Gasteiger partial charge >= 0.3 is 0 Å². The van der Waals surface area contributed by atoms with Gasteiger partial charge in [-0.2, -0.15) is 4.98 Å². The molecular formula is C14H23BrN4. The number of nitrogens with one attached hydrogen (secondary N) is 1. The maximum absolute atomic E-state index is 4.64. The van der Waals surface area contributed by atoms with Crippen molar-refractivity contribution in [2.75, 3.05) is 29.9 Å². The van der Waals surface area contributed by atoms with Crippen LogP contribution in [-0.4, -0.2) is 29.6 Å². The molecule has 0 spiro atoms. The Morgan fingerprint density at radius 3 is 2.95 bits per heavy atom. The lowest BCUT2D eigenvalue weighted by molar-refractivity contribution is 0.422. The van der Waals surface area contributed by atoms with E-state index >= 15 is 0 Å². The number of nitrogens with zero attached hydrogens (tertiary/aromatic N) is 3. The molecule has 1 N–H and O–H groups in total. The first-order valence-electron chi connectivity index (χ1n) is 7.13. The first-order chi connectivity index (χ1) is 9.11. The molecule has 0 saturated carbocycles. The van der Waals surface area contributed by atoms with E-state index in [1.807, 2.05) is 6.20 Å². The predicted molar refractivity (Wildman–Crippen MR) is 83.7 cm³/mol. The quantitative estimate of drug-likeness (QED) is 0.898. The summed E-state index contributed by atoms with van der Waals surface area (Å²) in [5.74, 6) is 3.27. The van der Waals surface area contributed by atoms with Crippen molar-refractivity contribution < 1.29 is 0 Å². The van der Waals surface area contributed by atoms with Crippen LogP contribution in [0.3, 0.4) is 0 Å². The van der Waals surface area contributed by atoms with Crippen LogP contribution in [0.15, 0.2) is 10.7 Å². The summed E-state index contributed by atoms with van der Waals surface area (Å²) >= 11 is 3.57. The van der Waals surface area contributed by atoms with Gasteiger partial charge in [0, 0.05) is 25.8 Å². The lowest BCUT2D eigenvalue weighted by Gasteiger charge is -2.20. The number of hydrogen-bond acceptors (Lipinski definition) is 4. The number of rotatable bonds is 5. The van der Waals surface area contributed by atoms with Gasteiger partial charge < -0.3 is 10.2 Å². The molecule has 0 aliphatic carbocycles. The highest BCUT2D eigenvalue weighted by Gasteiger charge is 2.27. The minimum atomic E-state index is 0.730. The van der Waals surface area contributed by atoms with Crippen molar-refractivity contribution in [3.05, 3.63) is 10.7 Å². The maximum atomic E-state index is 4.64. The highest BCUT2D eigenvalue weighted by molar-refractivity contribution is 9.10. The summed E-state index contributed by atoms with van der Waals surface area (Å²) in [5.41, 5.74) is 0. The van der Waals surface area contributed by atoms with Gasteiger partial charge in [-0.05, 0) is 40.6 Å². The zero-order chi connectivity index (χ0) is 13.8. The van der Waals surface area contributed by atoms with Crippen LogP contribution in [0.1, 0.15) is 33.6 Å². The first kappa shape index (κ1) is 14.6. The Kier molecular flexibility index (Phi) is 5.02. The largest absolute Gasteiger partial charge is 0.355 e. The minimum Gasteiger partial charge on any atom is -0.355 e. The Balaban J connectivity index is 2.11. The van der Waals surface area contributed by atoms with Crippen molar-refractivity contribution in [3.8, 4) is 0 Å². The highest BCUT2D eigenvalue weighted by atomic mass is 79.9. The molecule has 1 unspecified atom stereocenters. The number of anilines is 2. The van der Waals surface area contributed by atoms with Crippen LogP contribution in [0.25, 0.3) is 0 Å². The van der Waals surface area contributed by atoms with Gasteiger partial charge in [0.1, 0.15) is 5.82 Å². The van der Waals surface area contributed by atoms with E-state index < -0.39 is 0 Å². The number of halogens is 1. The molecule has 1 saturated heterocycles. The second-order valence-corrected chi connectivity index (χ2v) is 6.39. The van der Waals surface area contributed by atoms with Crippen LogP contribution < -0.4 is 10.2 Å². The molecule has 2 heterocycles. The maximum Gasteiger partial charge on any atom is 0.224 e. The fourth-order valence-electron chi connectivity index (χ4n) is 2.43. The molecule has 2 rings (SSSR count). The summed E-state index contributed by atoms with van der Waals surface area (Å²) < 4.78 is 0.985. The van der Waals surface area contributed by atoms with Crippen LogP contribution in [0.2, 0.25) is 0 Å². The van der Waals surface area contributed by atoms with Gasteiger partial charge in [0.05, 0.1) is 4.47 Å². The molecule has 4 nitrogen and oxygen atoms in total. The van der Waals surface area contributed by atoms with Gasteiger partial charge in [-0.15, -0.1) is 0 Å². The van der Waals surface area contributed by atoms with Crippen LogP contribution in [0.4, 0.5) is 11.8 Å². The average Bonchev–Trinajstić information content (AvgIpc) is 2.87. The molecule has 1 aromatic rings. The van der Waals surface area contributed by atoms with Crippen molar-refractivity contribution >= 4 is 27.7 Å². The lowest BCUT2D eigenvalue weighted by atomic mass is 9.95. The Bertz CT molecular complexity index is 422. The molecule has 1 fully saturated rings. The topological polar surface area (TPSA) is 41.1 Å². The third kappa shape index (κ3) is 3.59. The number of hydrogen-bond donors (Lipinski definition) is 1. The second-order valence-electron chi connectivity index (χ2n) is 5.53. The van der Waals surface area contributed by atoms with Crippen LogP contribution in [-0.2, 0) is 0 Å². The molecule has 1 aliphatic rings. The van der Waals surface area contributed by atoms with E-state index in [1.54, 1.807) is 0 Å². The molecule has 106 valence electrons. The van der Waals surface area contributed by atoms with E-state index in [0.29, 0.717) is 0 Å². The second kappa shape index (κ2) is 6.55. The highest BCUT2D eigenvalue weighted by Crippen LogP contribution is 2.31. The van der Waals surface area contributed by atoms with E-state index in [4.69, 9.17) is 0 Å². The Morgan fingerprint density at radius 2 is 2.32 bits per heavy atom. The Labute approximate surface area is 124 Å². The van der Waals surface area contributed by atoms with Crippen LogP contribution in [0.5, 0.6) is 0 Å². The molecule has 0 aromatic carbocycles. The van der Waals surface area contributed by atoms with E-state index in [-0.39, 0.29) is 0 Å². The Morgan fingerprint density at radius 1 is 1.53 bits per heavy atom. The summed E-state index contributed by atoms with van der Waals surface area (Å²) in [4.78, 5) is 11.3. The molecule has 1 aliphatic heterocycles. The molecule has 1 atom stereocenters. The standard InChI is InChI=1S/C14H23BrN4/c1-4-6-16-14-17-8-12(15)13(18-14)19-7-5-11(9-19)10(2)3/h8,10-11H,4-7,9H2,1-3H3,(H,16,17,18). The SMILES string of the molecule is CCCNc1ncc(Br)c(N2CCC(C(C)C)C2)n1. The molecular weight excluding hydrogens is 304 g/mol. The average molecular weight is 327 g/mol. The molecule has 0 amide bonds. The van der Waals surface area contributed by atoms with Crippen molar-refractivity contribution in [1.29, 1.82) is 0 Å². The van der Waals surface area contributed by atoms with Crippen LogP contribution in [0, 0.1) is 11.8 Å². The summed E-state index contributed by atoms with van der Waals surface area (Å²) in [6.07, 6.45) is 4.18. The van der Waals surface area contributed by atoms with Gasteiger partial charge in [0.25, 0.3) is 0 Å². The van der Waals surface area contributed by atoms with Gasteiger partial charge in [-0.25, -0.2) is 4.98 Å². The zero-order valence-electron chi connectivity index (χ0n) is 12.0. The lowest BCUT2D eigenvalue weighted by Crippen LogP contribution is -2.23. The fourth-order valence-corrected chi connectivity index (χ4v) is 2.87. The monoisotopic (exact) mass is 326 g/mol. The van der Waals surface area contributed by atoms with Crippen molar-refractivity contribution in [2.45, 2.75) is 33.6 Å². The third-order valence-electron chi connectivity index (χ3n) is 3.73. The predicted octanol–water partition coefficient (Wildman–Crippen LogP) is 3.54. The Hall–Kier alpha value is -0.840. The summed E-state index contributed by atoms with van der Waals surface area (Å²) in [6, 6.07) is 0. The van der Waals surface area contributed by atoms with E-state index in [0.717, 1.165) is 54.1 Å². The van der Waals surface area contributed by atoms with Gasteiger partial charge in [0.2, 0.25) is 5.95 Å². The van der Waals surface area contributed by atoms with Crippen molar-refractivity contribution in [1.82, 2.24) is 9.97 Å². The first-order valence-corrected chi connectivity index (χ1v) is 7.92. The fraction of sp³-hybridized carbons (Fsp3) is 0.714. The number of aromatic nitrogens is 2. The van der Waals surface area contributed by atoms with Gasteiger partial charge in [-0.1, -0.05) is 20.8 Å². The smallest absolute Gasteiger partial charge is 0.224 e. The van der Waals surface area contributed by atoms with Gasteiger partial charge in [-0.3, -0.25) is 0 Å².